The number of aryl methyl sites for hydroxylation is 1. The van der Waals surface area contributed by atoms with E-state index in [0.29, 0.717) is 18.7 Å². The molecule has 27 heavy (non-hydrogen) atoms. The Kier molecular flexibility index (Phi) is 5.72. The zero-order valence-corrected chi connectivity index (χ0v) is 16.3. The van der Waals surface area contributed by atoms with Crippen LogP contribution >= 0.6 is 0 Å². The lowest BCUT2D eigenvalue weighted by atomic mass is 10.1. The maximum atomic E-state index is 12.8. The lowest BCUT2D eigenvalue weighted by Crippen LogP contribution is -2.26. The summed E-state index contributed by atoms with van der Waals surface area (Å²) in [6.45, 7) is 5.09. The largest absolute Gasteiger partial charge is 0.380 e. The number of benzene rings is 2. The van der Waals surface area contributed by atoms with Gasteiger partial charge >= 0.3 is 0 Å². The highest BCUT2D eigenvalue weighted by Crippen LogP contribution is 2.20. The Morgan fingerprint density at radius 1 is 1.07 bits per heavy atom. The first kappa shape index (κ1) is 18.9. The number of para-hydroxylation sites is 1. The molecule has 0 N–H and O–H groups in total. The smallest absolute Gasteiger partial charge is 0.253 e. The van der Waals surface area contributed by atoms with Gasteiger partial charge in [0.1, 0.15) is 0 Å². The number of methoxy groups -OCH3 is 1. The van der Waals surface area contributed by atoms with Crippen molar-refractivity contribution >= 4 is 5.91 Å². The predicted molar refractivity (Wildman–Crippen MR) is 106 cm³/mol. The van der Waals surface area contributed by atoms with Crippen LogP contribution in [0.5, 0.6) is 0 Å². The van der Waals surface area contributed by atoms with Crippen molar-refractivity contribution in [2.24, 2.45) is 0 Å². The molecule has 2 aromatic carbocycles. The summed E-state index contributed by atoms with van der Waals surface area (Å²) >= 11 is 0. The zero-order chi connectivity index (χ0) is 19.4. The van der Waals surface area contributed by atoms with Crippen LogP contribution in [0.4, 0.5) is 0 Å². The fourth-order valence-electron chi connectivity index (χ4n) is 3.16. The van der Waals surface area contributed by atoms with Crippen LogP contribution in [0.2, 0.25) is 0 Å². The average molecular weight is 363 g/mol. The number of ether oxygens (including phenoxy) is 1. The minimum atomic E-state index is -0.00905. The van der Waals surface area contributed by atoms with Crippen molar-refractivity contribution in [2.45, 2.75) is 27.0 Å². The van der Waals surface area contributed by atoms with Gasteiger partial charge in [-0.25, -0.2) is 4.68 Å². The summed E-state index contributed by atoms with van der Waals surface area (Å²) in [5.74, 6) is -0.00905. The summed E-state index contributed by atoms with van der Waals surface area (Å²) in [6.07, 6.45) is 0. The molecule has 0 radical (unpaired) electrons. The quantitative estimate of drug-likeness (QED) is 0.667. The lowest BCUT2D eigenvalue weighted by Gasteiger charge is -2.18. The fraction of sp³-hybridized carbons (Fsp3) is 0.273. The van der Waals surface area contributed by atoms with Crippen LogP contribution in [0.25, 0.3) is 5.69 Å². The molecule has 140 valence electrons. The molecule has 1 amide bonds. The molecule has 0 aliphatic carbocycles. The van der Waals surface area contributed by atoms with Gasteiger partial charge in [-0.2, -0.15) is 5.10 Å². The molecule has 0 saturated heterocycles. The summed E-state index contributed by atoms with van der Waals surface area (Å²) < 4.78 is 7.05. The van der Waals surface area contributed by atoms with Gasteiger partial charge in [0.05, 0.1) is 18.0 Å². The Hall–Kier alpha value is -2.92. The van der Waals surface area contributed by atoms with Gasteiger partial charge in [0, 0.05) is 37.5 Å². The number of hydrogen-bond donors (Lipinski definition) is 0. The Labute approximate surface area is 160 Å². The van der Waals surface area contributed by atoms with Crippen LogP contribution in [0.15, 0.2) is 54.6 Å². The van der Waals surface area contributed by atoms with Crippen LogP contribution in [-0.2, 0) is 17.9 Å². The highest BCUT2D eigenvalue weighted by molar-refractivity contribution is 5.94. The van der Waals surface area contributed by atoms with Crippen LogP contribution < -0.4 is 0 Å². The summed E-state index contributed by atoms with van der Waals surface area (Å²) in [4.78, 5) is 14.5. The van der Waals surface area contributed by atoms with Gasteiger partial charge in [0.2, 0.25) is 0 Å². The second-order valence-electron chi connectivity index (χ2n) is 6.69. The molecule has 3 rings (SSSR count). The van der Waals surface area contributed by atoms with Crippen LogP contribution in [0.1, 0.15) is 32.9 Å². The van der Waals surface area contributed by atoms with Gasteiger partial charge < -0.3 is 9.64 Å². The van der Waals surface area contributed by atoms with Gasteiger partial charge in [0.25, 0.3) is 5.91 Å². The summed E-state index contributed by atoms with van der Waals surface area (Å²) in [5.41, 5.74) is 5.80. The number of hydrogen-bond acceptors (Lipinski definition) is 3. The number of carbonyl (C=O) groups is 1. The van der Waals surface area contributed by atoms with E-state index in [9.17, 15) is 4.79 Å². The third kappa shape index (κ3) is 4.09. The summed E-state index contributed by atoms with van der Waals surface area (Å²) in [7, 11) is 3.48. The number of carbonyl (C=O) groups excluding carboxylic acids is 1. The van der Waals surface area contributed by atoms with E-state index in [1.54, 1.807) is 12.0 Å². The number of rotatable bonds is 6. The van der Waals surface area contributed by atoms with Crippen molar-refractivity contribution in [2.75, 3.05) is 14.2 Å². The van der Waals surface area contributed by atoms with Crippen LogP contribution in [0.3, 0.4) is 0 Å². The molecular weight excluding hydrogens is 338 g/mol. The van der Waals surface area contributed by atoms with E-state index >= 15 is 0 Å². The minimum absolute atomic E-state index is 0.00905. The second kappa shape index (κ2) is 8.18. The molecule has 5 heteroatoms. The molecule has 0 fully saturated rings. The van der Waals surface area contributed by atoms with Crippen molar-refractivity contribution in [3.05, 3.63) is 82.7 Å². The topological polar surface area (TPSA) is 47.4 Å². The van der Waals surface area contributed by atoms with E-state index in [4.69, 9.17) is 4.74 Å². The summed E-state index contributed by atoms with van der Waals surface area (Å²) in [5, 5.41) is 4.66. The number of amides is 1. The van der Waals surface area contributed by atoms with E-state index in [1.807, 2.05) is 80.2 Å². The highest BCUT2D eigenvalue weighted by Gasteiger charge is 2.18. The normalized spacial score (nSPS) is 10.8. The first-order valence-corrected chi connectivity index (χ1v) is 8.95. The van der Waals surface area contributed by atoms with Gasteiger partial charge in [-0.05, 0) is 43.7 Å². The van der Waals surface area contributed by atoms with E-state index in [-0.39, 0.29) is 5.91 Å². The van der Waals surface area contributed by atoms with E-state index in [0.717, 1.165) is 28.2 Å². The molecule has 3 aromatic rings. The van der Waals surface area contributed by atoms with Crippen molar-refractivity contribution in [1.82, 2.24) is 14.7 Å². The average Bonchev–Trinajstić information content (AvgIpc) is 2.97. The molecule has 0 aliphatic rings. The van der Waals surface area contributed by atoms with E-state index < -0.39 is 0 Å². The maximum Gasteiger partial charge on any atom is 0.253 e. The Morgan fingerprint density at radius 3 is 2.37 bits per heavy atom. The SMILES string of the molecule is COCc1ccc(C(=O)N(C)Cc2c(C)nn(-c3ccccc3)c2C)cc1. The van der Waals surface area contributed by atoms with E-state index in [2.05, 4.69) is 5.10 Å². The van der Waals surface area contributed by atoms with Gasteiger partial charge in [0.15, 0.2) is 0 Å². The van der Waals surface area contributed by atoms with Crippen LogP contribution in [-0.4, -0.2) is 34.7 Å². The molecule has 1 heterocycles. The second-order valence-corrected chi connectivity index (χ2v) is 6.69. The Bertz CT molecular complexity index is 915. The Morgan fingerprint density at radius 2 is 1.74 bits per heavy atom. The molecule has 0 unspecified atom stereocenters. The van der Waals surface area contributed by atoms with Crippen molar-refractivity contribution < 1.29 is 9.53 Å². The van der Waals surface area contributed by atoms with Gasteiger partial charge in [-0.15, -0.1) is 0 Å². The molecule has 0 spiro atoms. The standard InChI is InChI=1S/C22H25N3O2/c1-16-21(17(2)25(23-16)20-8-6-5-7-9-20)14-24(3)22(26)19-12-10-18(11-13-19)15-27-4/h5-13H,14-15H2,1-4H3. The van der Waals surface area contributed by atoms with Gasteiger partial charge in [-0.1, -0.05) is 30.3 Å². The molecule has 0 aliphatic heterocycles. The molecule has 0 saturated carbocycles. The first-order chi connectivity index (χ1) is 13.0. The fourth-order valence-corrected chi connectivity index (χ4v) is 3.16. The summed E-state index contributed by atoms with van der Waals surface area (Å²) in [6, 6.07) is 17.6. The van der Waals surface area contributed by atoms with E-state index in [1.165, 1.54) is 0 Å². The zero-order valence-electron chi connectivity index (χ0n) is 16.3. The minimum Gasteiger partial charge on any atom is -0.380 e. The Balaban J connectivity index is 1.78. The number of nitrogens with zero attached hydrogens (tertiary/aromatic N) is 3. The molecule has 0 atom stereocenters. The highest BCUT2D eigenvalue weighted by atomic mass is 16.5. The van der Waals surface area contributed by atoms with Gasteiger partial charge in [-0.3, -0.25) is 4.79 Å². The van der Waals surface area contributed by atoms with Crippen molar-refractivity contribution in [1.29, 1.82) is 0 Å². The molecule has 5 nitrogen and oxygen atoms in total. The molecule has 1 aromatic heterocycles. The first-order valence-electron chi connectivity index (χ1n) is 8.95. The maximum absolute atomic E-state index is 12.8. The third-order valence-corrected chi connectivity index (χ3v) is 4.70. The third-order valence-electron chi connectivity index (χ3n) is 4.70. The number of aromatic nitrogens is 2. The molecule has 0 bridgehead atoms. The van der Waals surface area contributed by atoms with Crippen molar-refractivity contribution in [3.8, 4) is 5.69 Å². The lowest BCUT2D eigenvalue weighted by molar-refractivity contribution is 0.0784. The monoisotopic (exact) mass is 363 g/mol. The predicted octanol–water partition coefficient (Wildman–Crippen LogP) is 3.91. The van der Waals surface area contributed by atoms with Crippen molar-refractivity contribution in [3.63, 3.8) is 0 Å². The van der Waals surface area contributed by atoms with Crippen LogP contribution in [0, 0.1) is 13.8 Å². The molecular formula is C22H25N3O2.